The van der Waals surface area contributed by atoms with Gasteiger partial charge in [0.1, 0.15) is 6.04 Å². The predicted molar refractivity (Wildman–Crippen MR) is 101 cm³/mol. The molecule has 4 rings (SSSR count). The van der Waals surface area contributed by atoms with E-state index in [-0.39, 0.29) is 23.2 Å². The molecule has 0 saturated carbocycles. The number of benzene rings is 2. The Morgan fingerprint density at radius 1 is 1.17 bits per heavy atom. The molecule has 1 aliphatic heterocycles. The number of halogens is 4. The van der Waals surface area contributed by atoms with Crippen molar-refractivity contribution in [3.05, 3.63) is 70.0 Å². The number of amides is 1. The van der Waals surface area contributed by atoms with Gasteiger partial charge in [0.15, 0.2) is 0 Å². The summed E-state index contributed by atoms with van der Waals surface area (Å²) in [4.78, 5) is 18.3. The molecule has 1 saturated heterocycles. The lowest BCUT2D eigenvalue weighted by molar-refractivity contribution is -0.137. The van der Waals surface area contributed by atoms with Gasteiger partial charge in [-0.1, -0.05) is 45.4 Å². The van der Waals surface area contributed by atoms with Gasteiger partial charge in [-0.2, -0.15) is 18.2 Å². The molecule has 0 aliphatic carbocycles. The molecule has 2 heterocycles. The van der Waals surface area contributed by atoms with Crippen LogP contribution in [0.3, 0.4) is 0 Å². The van der Waals surface area contributed by atoms with Crippen molar-refractivity contribution in [3.63, 3.8) is 0 Å². The molecule has 150 valence electrons. The molecule has 3 aromatic rings. The first-order chi connectivity index (χ1) is 13.8. The highest BCUT2D eigenvalue weighted by atomic mass is 79.9. The van der Waals surface area contributed by atoms with Crippen LogP contribution in [0, 0.1) is 0 Å². The smallest absolute Gasteiger partial charge is 0.337 e. The number of hydrogen-bond donors (Lipinski definition) is 0. The van der Waals surface area contributed by atoms with Crippen LogP contribution < -0.4 is 0 Å². The molecule has 0 spiro atoms. The second-order valence-electron chi connectivity index (χ2n) is 6.74. The highest BCUT2D eigenvalue weighted by Gasteiger charge is 2.36. The normalized spacial score (nSPS) is 17.2. The molecule has 1 unspecified atom stereocenters. The number of rotatable bonds is 4. The van der Waals surface area contributed by atoms with Crippen LogP contribution in [0.2, 0.25) is 0 Å². The fourth-order valence-electron chi connectivity index (χ4n) is 3.34. The van der Waals surface area contributed by atoms with Crippen LogP contribution in [0.4, 0.5) is 13.2 Å². The Kier molecular flexibility index (Phi) is 5.16. The van der Waals surface area contributed by atoms with Crippen LogP contribution >= 0.6 is 15.9 Å². The summed E-state index contributed by atoms with van der Waals surface area (Å²) in [5.74, 6) is 0.250. The van der Waals surface area contributed by atoms with Crippen molar-refractivity contribution >= 4 is 21.8 Å². The molecule has 2 aromatic carbocycles. The zero-order valence-electron chi connectivity index (χ0n) is 15.0. The number of carbonyl (C=O) groups is 1. The van der Waals surface area contributed by atoms with Crippen molar-refractivity contribution in [2.75, 3.05) is 0 Å². The van der Waals surface area contributed by atoms with Crippen molar-refractivity contribution in [1.82, 2.24) is 15.0 Å². The Morgan fingerprint density at radius 2 is 1.97 bits per heavy atom. The Labute approximate surface area is 172 Å². The van der Waals surface area contributed by atoms with Crippen LogP contribution in [-0.4, -0.2) is 20.9 Å². The minimum atomic E-state index is -4.46. The molecular formula is C20H15BrF3N3O2. The summed E-state index contributed by atoms with van der Waals surface area (Å²) in [6.45, 7) is 0.379. The number of likely N-dealkylation sites (tertiary alicyclic amines) is 1. The summed E-state index contributed by atoms with van der Waals surface area (Å²) in [7, 11) is 0. The molecule has 1 aromatic heterocycles. The Balaban J connectivity index is 1.59. The summed E-state index contributed by atoms with van der Waals surface area (Å²) >= 11 is 3.41. The molecule has 9 heteroatoms. The SMILES string of the molecule is O=C1CCC(c2nc(-c3cccc(C(F)(F)F)c3)no2)N1Cc1cccc(Br)c1. The van der Waals surface area contributed by atoms with E-state index in [1.54, 1.807) is 4.90 Å². The van der Waals surface area contributed by atoms with E-state index >= 15 is 0 Å². The molecule has 5 nitrogen and oxygen atoms in total. The first-order valence-electron chi connectivity index (χ1n) is 8.86. The lowest BCUT2D eigenvalue weighted by atomic mass is 10.1. The predicted octanol–water partition coefficient (Wildman–Crippen LogP) is 5.38. The first kappa shape index (κ1) is 19.6. The molecule has 0 N–H and O–H groups in total. The maximum absolute atomic E-state index is 13.0. The van der Waals surface area contributed by atoms with E-state index in [0.29, 0.717) is 19.4 Å². The summed E-state index contributed by atoms with van der Waals surface area (Å²) in [6.07, 6.45) is -3.60. The maximum Gasteiger partial charge on any atom is 0.416 e. The van der Waals surface area contributed by atoms with Crippen molar-refractivity contribution in [2.45, 2.75) is 31.6 Å². The highest BCUT2D eigenvalue weighted by Crippen LogP contribution is 2.35. The van der Waals surface area contributed by atoms with E-state index in [9.17, 15) is 18.0 Å². The molecule has 0 radical (unpaired) electrons. The third-order valence-electron chi connectivity index (χ3n) is 4.75. The van der Waals surface area contributed by atoms with Crippen LogP contribution in [-0.2, 0) is 17.5 Å². The zero-order valence-corrected chi connectivity index (χ0v) is 16.6. The molecular weight excluding hydrogens is 451 g/mol. The average molecular weight is 466 g/mol. The van der Waals surface area contributed by atoms with Gasteiger partial charge in [-0.05, 0) is 36.2 Å². The van der Waals surface area contributed by atoms with Crippen LogP contribution in [0.25, 0.3) is 11.4 Å². The Morgan fingerprint density at radius 3 is 2.72 bits per heavy atom. The van der Waals surface area contributed by atoms with Crippen LogP contribution in [0.5, 0.6) is 0 Å². The maximum atomic E-state index is 13.0. The topological polar surface area (TPSA) is 59.2 Å². The molecule has 0 bridgehead atoms. The van der Waals surface area contributed by atoms with Gasteiger partial charge in [-0.15, -0.1) is 0 Å². The Hall–Kier alpha value is -2.68. The summed E-state index contributed by atoms with van der Waals surface area (Å²) in [5, 5.41) is 3.84. The molecule has 1 aliphatic rings. The largest absolute Gasteiger partial charge is 0.416 e. The highest BCUT2D eigenvalue weighted by molar-refractivity contribution is 9.10. The van der Waals surface area contributed by atoms with Crippen molar-refractivity contribution in [2.24, 2.45) is 0 Å². The number of carbonyl (C=O) groups excluding carboxylic acids is 1. The minimum Gasteiger partial charge on any atom is -0.337 e. The van der Waals surface area contributed by atoms with Gasteiger partial charge in [0.05, 0.1) is 5.56 Å². The molecule has 1 amide bonds. The van der Waals surface area contributed by atoms with Gasteiger partial charge < -0.3 is 9.42 Å². The summed E-state index contributed by atoms with van der Waals surface area (Å²) < 4.78 is 45.1. The minimum absolute atomic E-state index is 0.0335. The number of nitrogens with zero attached hydrogens (tertiary/aromatic N) is 3. The number of aromatic nitrogens is 2. The third-order valence-corrected chi connectivity index (χ3v) is 5.24. The summed E-state index contributed by atoms with van der Waals surface area (Å²) in [6, 6.07) is 12.0. The van der Waals surface area contributed by atoms with Gasteiger partial charge in [-0.25, -0.2) is 0 Å². The Bertz CT molecular complexity index is 1050. The van der Waals surface area contributed by atoms with E-state index in [1.165, 1.54) is 12.1 Å². The third kappa shape index (κ3) is 4.19. The number of hydrogen-bond acceptors (Lipinski definition) is 4. The molecule has 1 fully saturated rings. The van der Waals surface area contributed by atoms with Gasteiger partial charge >= 0.3 is 6.18 Å². The second kappa shape index (κ2) is 7.62. The second-order valence-corrected chi connectivity index (χ2v) is 7.66. The monoisotopic (exact) mass is 465 g/mol. The van der Waals surface area contributed by atoms with Crippen molar-refractivity contribution < 1.29 is 22.5 Å². The van der Waals surface area contributed by atoms with E-state index in [2.05, 4.69) is 26.1 Å². The lowest BCUT2D eigenvalue weighted by Crippen LogP contribution is -2.27. The van der Waals surface area contributed by atoms with E-state index in [1.807, 2.05) is 24.3 Å². The van der Waals surface area contributed by atoms with Crippen molar-refractivity contribution in [3.8, 4) is 11.4 Å². The van der Waals surface area contributed by atoms with E-state index in [4.69, 9.17) is 4.52 Å². The van der Waals surface area contributed by atoms with E-state index < -0.39 is 17.8 Å². The van der Waals surface area contributed by atoms with Crippen molar-refractivity contribution in [1.29, 1.82) is 0 Å². The van der Waals surface area contributed by atoms with Gasteiger partial charge in [-0.3, -0.25) is 4.79 Å². The number of alkyl halides is 3. The van der Waals surface area contributed by atoms with E-state index in [0.717, 1.165) is 22.2 Å². The first-order valence-corrected chi connectivity index (χ1v) is 9.66. The molecule has 29 heavy (non-hydrogen) atoms. The standard InChI is InChI=1S/C20H15BrF3N3O2/c21-15-6-1-3-12(9-15)11-27-16(7-8-17(27)28)19-25-18(26-29-19)13-4-2-5-14(10-13)20(22,23)24/h1-6,9-10,16H,7-8,11H2. The van der Waals surface area contributed by atoms with Gasteiger partial charge in [0.2, 0.25) is 17.6 Å². The van der Waals surface area contributed by atoms with Gasteiger partial charge in [0.25, 0.3) is 0 Å². The zero-order chi connectivity index (χ0) is 20.6. The molecule has 1 atom stereocenters. The van der Waals surface area contributed by atoms with Gasteiger partial charge in [0, 0.05) is 23.0 Å². The summed E-state index contributed by atoms with van der Waals surface area (Å²) in [5.41, 5.74) is 0.364. The quantitative estimate of drug-likeness (QED) is 0.518. The fourth-order valence-corrected chi connectivity index (χ4v) is 3.79. The lowest BCUT2D eigenvalue weighted by Gasteiger charge is -2.22. The average Bonchev–Trinajstić information content (AvgIpc) is 3.29. The fraction of sp³-hybridized carbons (Fsp3) is 0.250. The van der Waals surface area contributed by atoms with Crippen LogP contribution in [0.1, 0.15) is 35.9 Å². The van der Waals surface area contributed by atoms with Crippen LogP contribution in [0.15, 0.2) is 57.5 Å².